The molecule has 0 aliphatic carbocycles. The van der Waals surface area contributed by atoms with Crippen molar-refractivity contribution >= 4 is 35.3 Å². The molecule has 0 radical (unpaired) electrons. The number of nitrogens with zero attached hydrogens (tertiary/aromatic N) is 1. The molecule has 2 N–H and O–H groups in total. The number of phenols is 1. The van der Waals surface area contributed by atoms with Crippen molar-refractivity contribution < 1.29 is 19.4 Å². The predicted octanol–water partition coefficient (Wildman–Crippen LogP) is 5.29. The molecule has 3 rings (SSSR count). The van der Waals surface area contributed by atoms with Crippen LogP contribution in [0.3, 0.4) is 0 Å². The Labute approximate surface area is 190 Å². The third-order valence-corrected chi connectivity index (χ3v) is 5.01. The van der Waals surface area contributed by atoms with Crippen molar-refractivity contribution in [3.05, 3.63) is 76.3 Å². The van der Waals surface area contributed by atoms with E-state index < -0.39 is 5.91 Å². The van der Waals surface area contributed by atoms with Gasteiger partial charge in [-0.25, -0.2) is 5.43 Å². The zero-order chi connectivity index (χ0) is 22.2. The number of aromatic hydroxyl groups is 1. The molecule has 6 nitrogen and oxygen atoms in total. The van der Waals surface area contributed by atoms with Gasteiger partial charge in [0.1, 0.15) is 5.75 Å². The quantitative estimate of drug-likeness (QED) is 0.354. The number of carbonyl (C=O) groups excluding carboxylic acids is 1. The molecule has 0 bridgehead atoms. The van der Waals surface area contributed by atoms with Crippen molar-refractivity contribution in [1.29, 1.82) is 0 Å². The Kier molecular flexibility index (Phi) is 7.76. The summed E-state index contributed by atoms with van der Waals surface area (Å²) < 4.78 is 10.8. The van der Waals surface area contributed by atoms with Gasteiger partial charge in [0.2, 0.25) is 0 Å². The van der Waals surface area contributed by atoms with E-state index >= 15 is 0 Å². The fourth-order valence-corrected chi connectivity index (χ4v) is 3.11. The van der Waals surface area contributed by atoms with E-state index in [-0.39, 0.29) is 33.7 Å². The van der Waals surface area contributed by atoms with Crippen LogP contribution in [-0.4, -0.2) is 30.4 Å². The van der Waals surface area contributed by atoms with Gasteiger partial charge in [-0.15, -0.1) is 0 Å². The SMILES string of the molecule is CCOc1cc(Cl)c(Cl)c(/C=N\NC(=O)COc2ccc(-c3ccccc3)cc2)c1O. The average molecular weight is 459 g/mol. The number of benzene rings is 3. The van der Waals surface area contributed by atoms with Crippen LogP contribution < -0.4 is 14.9 Å². The molecular formula is C23H20Cl2N2O4. The molecule has 0 saturated carbocycles. The van der Waals surface area contributed by atoms with Gasteiger partial charge in [0.15, 0.2) is 18.1 Å². The van der Waals surface area contributed by atoms with Gasteiger partial charge in [-0.3, -0.25) is 4.79 Å². The summed E-state index contributed by atoms with van der Waals surface area (Å²) in [6.07, 6.45) is 1.19. The molecule has 3 aromatic rings. The number of carbonyl (C=O) groups is 1. The number of hydrogen-bond donors (Lipinski definition) is 2. The summed E-state index contributed by atoms with van der Waals surface area (Å²) in [5.41, 5.74) is 4.59. The van der Waals surface area contributed by atoms with Gasteiger partial charge in [0.05, 0.1) is 28.4 Å². The Morgan fingerprint density at radius 1 is 1.06 bits per heavy atom. The van der Waals surface area contributed by atoms with Crippen molar-refractivity contribution in [2.24, 2.45) is 5.10 Å². The number of nitrogens with one attached hydrogen (secondary N) is 1. The van der Waals surface area contributed by atoms with Crippen molar-refractivity contribution in [3.8, 4) is 28.4 Å². The number of hydrogen-bond acceptors (Lipinski definition) is 5. The van der Waals surface area contributed by atoms with Gasteiger partial charge in [0.25, 0.3) is 5.91 Å². The number of ether oxygens (including phenoxy) is 2. The second-order valence-corrected chi connectivity index (χ2v) is 7.12. The van der Waals surface area contributed by atoms with Gasteiger partial charge in [-0.05, 0) is 30.2 Å². The first kappa shape index (κ1) is 22.5. The van der Waals surface area contributed by atoms with Crippen LogP contribution in [0.4, 0.5) is 0 Å². The van der Waals surface area contributed by atoms with Crippen LogP contribution in [0.1, 0.15) is 12.5 Å². The molecule has 31 heavy (non-hydrogen) atoms. The smallest absolute Gasteiger partial charge is 0.277 e. The van der Waals surface area contributed by atoms with Crippen molar-refractivity contribution in [1.82, 2.24) is 5.43 Å². The molecule has 0 aromatic heterocycles. The lowest BCUT2D eigenvalue weighted by atomic mass is 10.1. The van der Waals surface area contributed by atoms with Gasteiger partial charge >= 0.3 is 0 Å². The van der Waals surface area contributed by atoms with E-state index in [9.17, 15) is 9.90 Å². The van der Waals surface area contributed by atoms with Crippen LogP contribution in [-0.2, 0) is 4.79 Å². The second-order valence-electron chi connectivity index (χ2n) is 6.34. The highest BCUT2D eigenvalue weighted by Gasteiger charge is 2.15. The lowest BCUT2D eigenvalue weighted by Gasteiger charge is -2.11. The maximum absolute atomic E-state index is 12.0. The standard InChI is InChI=1S/C23H20Cl2N2O4/c1-2-30-20-12-19(24)22(25)18(23(20)29)13-26-27-21(28)14-31-17-10-8-16(9-11-17)15-6-4-3-5-7-15/h3-13,29H,2,14H2,1H3,(H,27,28)/b26-13-. The summed E-state index contributed by atoms with van der Waals surface area (Å²) in [4.78, 5) is 12.0. The Bertz CT molecular complexity index is 1070. The Morgan fingerprint density at radius 3 is 2.42 bits per heavy atom. The normalized spacial score (nSPS) is 10.8. The topological polar surface area (TPSA) is 80.2 Å². The number of rotatable bonds is 8. The largest absolute Gasteiger partial charge is 0.504 e. The Hall–Kier alpha value is -3.22. The molecule has 0 aliphatic heterocycles. The number of phenolic OH excluding ortho intramolecular Hbond substituents is 1. The van der Waals surface area contributed by atoms with E-state index in [2.05, 4.69) is 10.5 Å². The van der Waals surface area contributed by atoms with Crippen LogP contribution in [0, 0.1) is 0 Å². The highest BCUT2D eigenvalue weighted by Crippen LogP contribution is 2.39. The minimum absolute atomic E-state index is 0.0929. The monoisotopic (exact) mass is 458 g/mol. The average Bonchev–Trinajstić information content (AvgIpc) is 2.79. The summed E-state index contributed by atoms with van der Waals surface area (Å²) >= 11 is 12.2. The lowest BCUT2D eigenvalue weighted by molar-refractivity contribution is -0.123. The highest BCUT2D eigenvalue weighted by molar-refractivity contribution is 6.43. The lowest BCUT2D eigenvalue weighted by Crippen LogP contribution is -2.24. The van der Waals surface area contributed by atoms with E-state index in [1.165, 1.54) is 12.3 Å². The van der Waals surface area contributed by atoms with Gasteiger partial charge < -0.3 is 14.6 Å². The van der Waals surface area contributed by atoms with Crippen LogP contribution >= 0.6 is 23.2 Å². The predicted molar refractivity (Wildman–Crippen MR) is 122 cm³/mol. The molecule has 0 spiro atoms. The molecular weight excluding hydrogens is 439 g/mol. The van der Waals surface area contributed by atoms with E-state index in [0.717, 1.165) is 11.1 Å². The second kappa shape index (κ2) is 10.7. The molecule has 0 saturated heterocycles. The van der Waals surface area contributed by atoms with Crippen LogP contribution in [0.25, 0.3) is 11.1 Å². The third kappa shape index (κ3) is 5.90. The van der Waals surface area contributed by atoms with Gasteiger partial charge in [-0.1, -0.05) is 65.7 Å². The van der Waals surface area contributed by atoms with E-state index in [4.69, 9.17) is 32.7 Å². The fraction of sp³-hybridized carbons (Fsp3) is 0.130. The number of halogens is 2. The first-order valence-electron chi connectivity index (χ1n) is 9.43. The number of amides is 1. The Morgan fingerprint density at radius 2 is 1.74 bits per heavy atom. The van der Waals surface area contributed by atoms with Gasteiger partial charge in [-0.2, -0.15) is 5.10 Å². The summed E-state index contributed by atoms with van der Waals surface area (Å²) in [5.74, 6) is 0.0257. The zero-order valence-corrected chi connectivity index (χ0v) is 18.2. The maximum Gasteiger partial charge on any atom is 0.277 e. The number of hydrazone groups is 1. The summed E-state index contributed by atoms with van der Waals surface area (Å²) in [6.45, 7) is 1.87. The van der Waals surface area contributed by atoms with Crippen LogP contribution in [0.5, 0.6) is 17.2 Å². The molecule has 0 fully saturated rings. The third-order valence-electron chi connectivity index (χ3n) is 4.21. The maximum atomic E-state index is 12.0. The molecule has 0 heterocycles. The molecule has 1 amide bonds. The zero-order valence-electron chi connectivity index (χ0n) is 16.6. The molecule has 0 atom stereocenters. The highest BCUT2D eigenvalue weighted by atomic mass is 35.5. The minimum Gasteiger partial charge on any atom is -0.504 e. The Balaban J connectivity index is 1.57. The van der Waals surface area contributed by atoms with E-state index in [0.29, 0.717) is 12.4 Å². The molecule has 3 aromatic carbocycles. The summed E-state index contributed by atoms with van der Waals surface area (Å²) in [5, 5.41) is 14.3. The molecule has 0 unspecified atom stereocenters. The molecule has 8 heteroatoms. The van der Waals surface area contributed by atoms with Crippen LogP contribution in [0.15, 0.2) is 65.8 Å². The minimum atomic E-state index is -0.481. The van der Waals surface area contributed by atoms with Crippen LogP contribution in [0.2, 0.25) is 10.0 Å². The van der Waals surface area contributed by atoms with Crippen molar-refractivity contribution in [3.63, 3.8) is 0 Å². The fourth-order valence-electron chi connectivity index (χ4n) is 2.72. The van der Waals surface area contributed by atoms with Crippen molar-refractivity contribution in [2.75, 3.05) is 13.2 Å². The van der Waals surface area contributed by atoms with Gasteiger partial charge in [0, 0.05) is 6.07 Å². The molecule has 160 valence electrons. The first-order chi connectivity index (χ1) is 15.0. The van der Waals surface area contributed by atoms with E-state index in [1.807, 2.05) is 42.5 Å². The summed E-state index contributed by atoms with van der Waals surface area (Å²) in [6, 6.07) is 18.8. The summed E-state index contributed by atoms with van der Waals surface area (Å²) in [7, 11) is 0. The van der Waals surface area contributed by atoms with Crippen molar-refractivity contribution in [2.45, 2.75) is 6.92 Å². The van der Waals surface area contributed by atoms with E-state index in [1.54, 1.807) is 19.1 Å². The molecule has 0 aliphatic rings. The first-order valence-corrected chi connectivity index (χ1v) is 10.2.